The Morgan fingerprint density at radius 2 is 2.20 bits per heavy atom. The minimum atomic E-state index is -0.913. The van der Waals surface area contributed by atoms with Crippen LogP contribution in [0.2, 0.25) is 0 Å². The third-order valence-corrected chi connectivity index (χ3v) is 1.33. The van der Waals surface area contributed by atoms with Gasteiger partial charge in [-0.25, -0.2) is 0 Å². The van der Waals surface area contributed by atoms with Gasteiger partial charge >= 0.3 is 5.97 Å². The molecule has 0 fully saturated rings. The molecule has 0 saturated heterocycles. The minimum Gasteiger partial charge on any atom is -0.480 e. The van der Waals surface area contributed by atoms with Gasteiger partial charge in [0.25, 0.3) is 0 Å². The predicted octanol–water partition coefficient (Wildman–Crippen LogP) is 0.793. The Bertz CT molecular complexity index is 104. The lowest BCUT2D eigenvalue weighted by atomic mass is 10.1. The van der Waals surface area contributed by atoms with Crippen molar-refractivity contribution in [3.05, 3.63) is 6.92 Å². The fourth-order valence-electron chi connectivity index (χ4n) is 0.665. The summed E-state index contributed by atoms with van der Waals surface area (Å²) in [5.74, 6) is -0.913. The van der Waals surface area contributed by atoms with Crippen molar-refractivity contribution in [1.82, 2.24) is 0 Å². The maximum absolute atomic E-state index is 10.2. The van der Waals surface area contributed by atoms with Gasteiger partial charge in [-0.1, -0.05) is 0 Å². The molecule has 0 saturated carbocycles. The van der Waals surface area contributed by atoms with Gasteiger partial charge in [-0.2, -0.15) is 0 Å². The first-order valence-electron chi connectivity index (χ1n) is 3.46. The molecule has 0 aliphatic heterocycles. The topological polar surface area (TPSA) is 63.3 Å². The van der Waals surface area contributed by atoms with E-state index in [1.54, 1.807) is 0 Å². The molecule has 3 nitrogen and oxygen atoms in total. The van der Waals surface area contributed by atoms with E-state index in [4.69, 9.17) is 10.8 Å². The number of unbranched alkanes of at least 4 members (excludes halogenated alkanes) is 2. The molecule has 0 aromatic carbocycles. The van der Waals surface area contributed by atoms with Crippen LogP contribution < -0.4 is 5.73 Å². The van der Waals surface area contributed by atoms with Gasteiger partial charge in [-0.3, -0.25) is 4.79 Å². The summed E-state index contributed by atoms with van der Waals surface area (Å²) in [4.78, 5) is 10.2. The van der Waals surface area contributed by atoms with E-state index < -0.39 is 12.0 Å². The molecule has 0 aliphatic rings. The standard InChI is InChI=1S/C7H13NO2/c1-2-3-4-5-6(8)7(9)10/h6H,1-5,8H2/p+1/t6-/m0/s1. The van der Waals surface area contributed by atoms with E-state index in [0.717, 1.165) is 19.3 Å². The minimum absolute atomic E-state index is 0.560. The van der Waals surface area contributed by atoms with Crippen molar-refractivity contribution in [2.24, 2.45) is 5.73 Å². The highest BCUT2D eigenvalue weighted by molar-refractivity contribution is 5.72. The molecule has 10 heavy (non-hydrogen) atoms. The van der Waals surface area contributed by atoms with E-state index in [1.165, 1.54) is 0 Å². The second-order valence-electron chi connectivity index (χ2n) is 2.29. The van der Waals surface area contributed by atoms with Crippen LogP contribution in [0.1, 0.15) is 25.7 Å². The molecule has 0 aromatic heterocycles. The van der Waals surface area contributed by atoms with Crippen molar-refractivity contribution in [3.63, 3.8) is 0 Å². The first-order valence-corrected chi connectivity index (χ1v) is 3.46. The summed E-state index contributed by atoms with van der Waals surface area (Å²) in [6, 6.07) is -0.688. The number of hydrogen-bond donors (Lipinski definition) is 2. The number of nitrogens with two attached hydrogens (primary N) is 1. The van der Waals surface area contributed by atoms with Crippen molar-refractivity contribution in [1.29, 1.82) is 0 Å². The number of rotatable bonds is 5. The molecule has 0 unspecified atom stereocenters. The van der Waals surface area contributed by atoms with E-state index >= 15 is 0 Å². The monoisotopic (exact) mass is 144 g/mol. The van der Waals surface area contributed by atoms with Crippen LogP contribution in [0, 0.1) is 6.92 Å². The second kappa shape index (κ2) is 5.11. The van der Waals surface area contributed by atoms with Crippen molar-refractivity contribution in [2.45, 2.75) is 31.7 Å². The van der Waals surface area contributed by atoms with Crippen LogP contribution in [0.15, 0.2) is 0 Å². The van der Waals surface area contributed by atoms with Crippen LogP contribution in [-0.2, 0) is 4.79 Å². The maximum Gasteiger partial charge on any atom is 0.320 e. The lowest BCUT2D eigenvalue weighted by molar-refractivity contribution is -0.138. The summed E-state index contributed by atoms with van der Waals surface area (Å²) in [5.41, 5.74) is 5.24. The lowest BCUT2D eigenvalue weighted by Crippen LogP contribution is -2.29. The summed E-state index contributed by atoms with van der Waals surface area (Å²) in [6.45, 7) is 3.64. The van der Waals surface area contributed by atoms with Crippen LogP contribution in [-0.4, -0.2) is 17.1 Å². The largest absolute Gasteiger partial charge is 0.480 e. The van der Waals surface area contributed by atoms with E-state index in [-0.39, 0.29) is 0 Å². The van der Waals surface area contributed by atoms with Gasteiger partial charge < -0.3 is 10.8 Å². The number of carboxylic acids is 1. The zero-order valence-electron chi connectivity index (χ0n) is 6.05. The number of hydrogen-bond acceptors (Lipinski definition) is 2. The van der Waals surface area contributed by atoms with Crippen LogP contribution in [0.4, 0.5) is 0 Å². The number of carbonyl (C=O) groups is 1. The van der Waals surface area contributed by atoms with E-state index in [9.17, 15) is 4.79 Å². The molecule has 0 bridgehead atoms. The molecule has 3 heteroatoms. The van der Waals surface area contributed by atoms with Crippen LogP contribution in [0.25, 0.3) is 0 Å². The fraction of sp³-hybridized carbons (Fsp3) is 0.714. The van der Waals surface area contributed by atoms with Crippen molar-refractivity contribution < 1.29 is 9.90 Å². The van der Waals surface area contributed by atoms with Gasteiger partial charge in [0.15, 0.2) is 0 Å². The average Bonchev–Trinajstić information content (AvgIpc) is 1.88. The third-order valence-electron chi connectivity index (χ3n) is 1.33. The number of aliphatic carboxylic acids is 1. The van der Waals surface area contributed by atoms with Crippen LogP contribution in [0.3, 0.4) is 0 Å². The Hall–Kier alpha value is -0.700. The van der Waals surface area contributed by atoms with Gasteiger partial charge in [0.05, 0.1) is 13.3 Å². The molecule has 58 valence electrons. The first kappa shape index (κ1) is 9.30. The zero-order valence-corrected chi connectivity index (χ0v) is 6.05. The third kappa shape index (κ3) is 4.21. The Morgan fingerprint density at radius 1 is 1.60 bits per heavy atom. The van der Waals surface area contributed by atoms with Gasteiger partial charge in [-0.15, -0.1) is 0 Å². The predicted molar refractivity (Wildman–Crippen MR) is 39.4 cm³/mol. The highest BCUT2D eigenvalue weighted by Crippen LogP contribution is 2.00. The van der Waals surface area contributed by atoms with Gasteiger partial charge in [0.1, 0.15) is 6.04 Å². The van der Waals surface area contributed by atoms with Crippen molar-refractivity contribution >= 4 is 5.97 Å². The maximum atomic E-state index is 10.2. The second-order valence-corrected chi connectivity index (χ2v) is 2.29. The molecule has 1 atom stereocenters. The molecule has 0 amide bonds. The van der Waals surface area contributed by atoms with E-state index in [0.29, 0.717) is 6.42 Å². The summed E-state index contributed by atoms with van der Waals surface area (Å²) >= 11 is 0. The van der Waals surface area contributed by atoms with Crippen molar-refractivity contribution in [3.8, 4) is 0 Å². The number of carboxylic acid groups (broad SMARTS) is 1. The molecule has 0 aliphatic carbocycles. The zero-order chi connectivity index (χ0) is 7.98. The normalized spacial score (nSPS) is 12.9. The molecule has 0 heterocycles. The highest BCUT2D eigenvalue weighted by atomic mass is 16.4. The Labute approximate surface area is 61.2 Å². The van der Waals surface area contributed by atoms with Gasteiger partial charge in [0, 0.05) is 0 Å². The molecule has 0 rings (SSSR count). The molecule has 3 N–H and O–H groups in total. The summed E-state index contributed by atoms with van der Waals surface area (Å²) in [5, 5.41) is 8.34. The summed E-state index contributed by atoms with van der Waals surface area (Å²) in [7, 11) is 0. The Balaban J connectivity index is 3.21. The smallest absolute Gasteiger partial charge is 0.320 e. The molecule has 0 aromatic rings. The van der Waals surface area contributed by atoms with Crippen LogP contribution in [0.5, 0.6) is 0 Å². The Morgan fingerprint density at radius 3 is 2.60 bits per heavy atom. The SMILES string of the molecule is [CH2+]CCCC[C@H](N)C(=O)O. The summed E-state index contributed by atoms with van der Waals surface area (Å²) in [6.07, 6.45) is 3.23. The van der Waals surface area contributed by atoms with E-state index in [2.05, 4.69) is 6.92 Å². The quantitative estimate of drug-likeness (QED) is 0.443. The summed E-state index contributed by atoms with van der Waals surface area (Å²) < 4.78 is 0. The molecule has 0 spiro atoms. The average molecular weight is 144 g/mol. The first-order chi connectivity index (χ1) is 4.68. The van der Waals surface area contributed by atoms with Crippen molar-refractivity contribution in [2.75, 3.05) is 0 Å². The lowest BCUT2D eigenvalue weighted by Gasteiger charge is -2.02. The van der Waals surface area contributed by atoms with Gasteiger partial charge in [-0.05, 0) is 19.3 Å². The highest BCUT2D eigenvalue weighted by Gasteiger charge is 2.09. The fourth-order valence-corrected chi connectivity index (χ4v) is 0.665. The van der Waals surface area contributed by atoms with Crippen LogP contribution >= 0.6 is 0 Å². The molecule has 0 radical (unpaired) electrons. The van der Waals surface area contributed by atoms with Gasteiger partial charge in [0.2, 0.25) is 0 Å². The molecular formula is C7H14NO2+. The Kier molecular flexibility index (Phi) is 4.76. The van der Waals surface area contributed by atoms with E-state index in [1.807, 2.05) is 0 Å². The molecular weight excluding hydrogens is 130 g/mol.